The van der Waals surface area contributed by atoms with Crippen LogP contribution < -0.4 is 16.2 Å². The van der Waals surface area contributed by atoms with Gasteiger partial charge in [-0.3, -0.25) is 0 Å². The van der Waals surface area contributed by atoms with Gasteiger partial charge in [-0.2, -0.15) is 5.10 Å². The smallest absolute Gasteiger partial charge is 0.211 e. The Balaban J connectivity index is 2.04. The number of nitrogens with two attached hydrogens (primary N) is 2. The first-order valence-electron chi connectivity index (χ1n) is 7.46. The number of hydrogen-bond donors (Lipinski definition) is 2. The van der Waals surface area contributed by atoms with Crippen LogP contribution in [0.5, 0.6) is 5.75 Å². The quantitative estimate of drug-likeness (QED) is 0.516. The lowest BCUT2D eigenvalue weighted by Crippen LogP contribution is -2.23. The number of hydrogen-bond acceptors (Lipinski definition) is 4. The summed E-state index contributed by atoms with van der Waals surface area (Å²) in [7, 11) is 1.68. The van der Waals surface area contributed by atoms with Crippen LogP contribution in [0.15, 0.2) is 45.1 Å². The first-order chi connectivity index (χ1) is 11.1. The molecule has 1 aromatic carbocycles. The second kappa shape index (κ2) is 6.16. The predicted octanol–water partition coefficient (Wildman–Crippen LogP) is 2.30. The van der Waals surface area contributed by atoms with Gasteiger partial charge in [0, 0.05) is 17.9 Å². The Morgan fingerprint density at radius 1 is 1.26 bits per heavy atom. The number of furan rings is 1. The fourth-order valence-corrected chi connectivity index (χ4v) is 3.10. The number of methoxy groups -OCH3 is 1. The van der Waals surface area contributed by atoms with Gasteiger partial charge < -0.3 is 20.6 Å². The van der Waals surface area contributed by atoms with Crippen molar-refractivity contribution in [2.24, 2.45) is 21.7 Å². The lowest BCUT2D eigenvalue weighted by atomic mass is 9.81. The Hall–Kier alpha value is -2.76. The van der Waals surface area contributed by atoms with E-state index < -0.39 is 0 Å². The van der Waals surface area contributed by atoms with Crippen molar-refractivity contribution in [2.75, 3.05) is 7.11 Å². The maximum Gasteiger partial charge on any atom is 0.211 e. The van der Waals surface area contributed by atoms with Crippen molar-refractivity contribution in [1.82, 2.24) is 0 Å². The number of para-hydroxylation sites is 1. The number of ether oxygens (including phenoxy) is 1. The molecule has 2 aromatic rings. The molecule has 1 aromatic heterocycles. The fourth-order valence-electron chi connectivity index (χ4n) is 3.10. The van der Waals surface area contributed by atoms with Crippen LogP contribution in [0.3, 0.4) is 0 Å². The largest absolute Gasteiger partial charge is 0.496 e. The summed E-state index contributed by atoms with van der Waals surface area (Å²) in [5, 5.41) is 8.07. The monoisotopic (exact) mass is 312 g/mol. The van der Waals surface area contributed by atoms with Gasteiger partial charge in [0.05, 0.1) is 19.1 Å². The SMILES string of the molecule is COc1ccccc1C1C/C(=N/N=C(N)N)c2c(C)coc2C1. The number of fused-ring (bicyclic) bond motifs is 1. The molecule has 1 heterocycles. The van der Waals surface area contributed by atoms with Crippen LogP contribution in [0.1, 0.15) is 34.8 Å². The Kier molecular flexibility index (Phi) is 4.06. The van der Waals surface area contributed by atoms with Crippen molar-refractivity contribution in [2.45, 2.75) is 25.7 Å². The van der Waals surface area contributed by atoms with Crippen LogP contribution in [-0.4, -0.2) is 18.8 Å². The average molecular weight is 312 g/mol. The summed E-state index contributed by atoms with van der Waals surface area (Å²) in [6.07, 6.45) is 3.27. The number of benzene rings is 1. The molecular weight excluding hydrogens is 292 g/mol. The van der Waals surface area contributed by atoms with Crippen LogP contribution in [0.4, 0.5) is 0 Å². The Morgan fingerprint density at radius 2 is 2.04 bits per heavy atom. The number of rotatable bonds is 3. The van der Waals surface area contributed by atoms with Gasteiger partial charge in [0.1, 0.15) is 11.5 Å². The molecule has 6 heteroatoms. The second-order valence-electron chi connectivity index (χ2n) is 5.64. The first-order valence-corrected chi connectivity index (χ1v) is 7.46. The molecule has 0 spiro atoms. The van der Waals surface area contributed by atoms with E-state index in [0.717, 1.165) is 46.8 Å². The molecule has 1 unspecified atom stereocenters. The van der Waals surface area contributed by atoms with Gasteiger partial charge in [0.25, 0.3) is 0 Å². The van der Waals surface area contributed by atoms with Gasteiger partial charge in [-0.25, -0.2) is 0 Å². The number of guanidine groups is 1. The second-order valence-corrected chi connectivity index (χ2v) is 5.64. The molecule has 1 atom stereocenters. The summed E-state index contributed by atoms with van der Waals surface area (Å²) < 4.78 is 11.2. The van der Waals surface area contributed by atoms with Crippen molar-refractivity contribution < 1.29 is 9.15 Å². The van der Waals surface area contributed by atoms with E-state index in [1.165, 1.54) is 0 Å². The highest BCUT2D eigenvalue weighted by Crippen LogP contribution is 2.38. The molecule has 0 bridgehead atoms. The highest BCUT2D eigenvalue weighted by molar-refractivity contribution is 6.04. The lowest BCUT2D eigenvalue weighted by Gasteiger charge is -2.24. The van der Waals surface area contributed by atoms with E-state index >= 15 is 0 Å². The zero-order valence-corrected chi connectivity index (χ0v) is 13.2. The van der Waals surface area contributed by atoms with E-state index in [4.69, 9.17) is 20.6 Å². The molecule has 6 nitrogen and oxygen atoms in total. The van der Waals surface area contributed by atoms with Crippen LogP contribution in [-0.2, 0) is 6.42 Å². The van der Waals surface area contributed by atoms with Crippen LogP contribution >= 0.6 is 0 Å². The van der Waals surface area contributed by atoms with Crippen molar-refractivity contribution in [3.8, 4) is 5.75 Å². The Labute approximate surface area is 134 Å². The van der Waals surface area contributed by atoms with Gasteiger partial charge in [0.15, 0.2) is 0 Å². The maximum atomic E-state index is 5.72. The molecule has 23 heavy (non-hydrogen) atoms. The molecule has 0 fully saturated rings. The van der Waals surface area contributed by atoms with Crippen LogP contribution in [0.2, 0.25) is 0 Å². The third-order valence-corrected chi connectivity index (χ3v) is 4.08. The molecule has 0 saturated carbocycles. The van der Waals surface area contributed by atoms with Crippen LogP contribution in [0, 0.1) is 6.92 Å². The van der Waals surface area contributed by atoms with Gasteiger partial charge in [0.2, 0.25) is 5.96 Å². The third kappa shape index (κ3) is 2.92. The molecule has 1 aliphatic rings. The topological polar surface area (TPSA) is 99.1 Å². The summed E-state index contributed by atoms with van der Waals surface area (Å²) in [5.41, 5.74) is 14.8. The standard InChI is InChI=1S/C17H20N4O2/c1-10-9-23-15-8-11(12-5-3-4-6-14(12)22-2)7-13(16(10)15)20-21-17(18)19/h3-6,9,11H,7-8H2,1-2H3,(H4,18,19,21)/b20-13-. The van der Waals surface area contributed by atoms with E-state index in [1.807, 2.05) is 25.1 Å². The van der Waals surface area contributed by atoms with E-state index in [-0.39, 0.29) is 11.9 Å². The molecule has 0 radical (unpaired) electrons. The minimum absolute atomic E-state index is 0.0559. The summed E-state index contributed by atoms with van der Waals surface area (Å²) in [6.45, 7) is 2.00. The van der Waals surface area contributed by atoms with E-state index in [0.29, 0.717) is 0 Å². The Morgan fingerprint density at radius 3 is 2.78 bits per heavy atom. The number of nitrogens with zero attached hydrogens (tertiary/aromatic N) is 2. The van der Waals surface area contributed by atoms with Crippen molar-refractivity contribution in [3.05, 3.63) is 53.0 Å². The van der Waals surface area contributed by atoms with E-state index in [1.54, 1.807) is 13.4 Å². The zero-order valence-electron chi connectivity index (χ0n) is 13.2. The molecular formula is C17H20N4O2. The molecule has 4 N–H and O–H groups in total. The average Bonchev–Trinajstić information content (AvgIpc) is 2.94. The highest BCUT2D eigenvalue weighted by Gasteiger charge is 2.30. The van der Waals surface area contributed by atoms with Crippen LogP contribution in [0.25, 0.3) is 0 Å². The lowest BCUT2D eigenvalue weighted by molar-refractivity contribution is 0.402. The zero-order chi connectivity index (χ0) is 16.4. The van der Waals surface area contributed by atoms with Crippen molar-refractivity contribution in [3.63, 3.8) is 0 Å². The summed E-state index contributed by atoms with van der Waals surface area (Å²) in [5.74, 6) is 1.93. The molecule has 0 aliphatic heterocycles. The van der Waals surface area contributed by atoms with E-state index in [2.05, 4.69) is 16.3 Å². The van der Waals surface area contributed by atoms with Gasteiger partial charge in [-0.1, -0.05) is 18.2 Å². The fraction of sp³-hybridized carbons (Fsp3) is 0.294. The minimum atomic E-state index is -0.0559. The van der Waals surface area contributed by atoms with Crippen molar-refractivity contribution in [1.29, 1.82) is 0 Å². The van der Waals surface area contributed by atoms with E-state index in [9.17, 15) is 0 Å². The van der Waals surface area contributed by atoms with Gasteiger partial charge >= 0.3 is 0 Å². The highest BCUT2D eigenvalue weighted by atomic mass is 16.5. The first kappa shape index (κ1) is 15.1. The molecule has 0 saturated heterocycles. The normalized spacial score (nSPS) is 18.5. The maximum absolute atomic E-state index is 5.72. The molecule has 120 valence electrons. The summed E-state index contributed by atoms with van der Waals surface area (Å²) >= 11 is 0. The molecule has 3 rings (SSSR count). The third-order valence-electron chi connectivity index (χ3n) is 4.08. The summed E-state index contributed by atoms with van der Waals surface area (Å²) in [6, 6.07) is 8.00. The predicted molar refractivity (Wildman–Crippen MR) is 89.8 cm³/mol. The van der Waals surface area contributed by atoms with Gasteiger partial charge in [-0.15, -0.1) is 5.10 Å². The van der Waals surface area contributed by atoms with Gasteiger partial charge in [-0.05, 0) is 30.5 Å². The van der Waals surface area contributed by atoms with Crippen molar-refractivity contribution >= 4 is 11.7 Å². The minimum Gasteiger partial charge on any atom is -0.496 e. The molecule has 1 aliphatic carbocycles. The Bertz CT molecular complexity index is 773. The number of aryl methyl sites for hydroxylation is 1. The molecule has 0 amide bonds. The summed E-state index contributed by atoms with van der Waals surface area (Å²) in [4.78, 5) is 0.